The Labute approximate surface area is 161 Å². The molecule has 0 bridgehead atoms. The fraction of sp³-hybridized carbons (Fsp3) is 0.381. The number of amides is 1. The molecule has 2 aromatic rings. The molecule has 0 radical (unpaired) electrons. The number of nitrogens with zero attached hydrogens (tertiary/aromatic N) is 1. The predicted octanol–water partition coefficient (Wildman–Crippen LogP) is 4.23. The normalized spacial score (nSPS) is 12.0. The molecule has 0 fully saturated rings. The van der Waals surface area contributed by atoms with Gasteiger partial charge in [-0.25, -0.2) is 0 Å². The van der Waals surface area contributed by atoms with Gasteiger partial charge in [-0.3, -0.25) is 4.79 Å². The van der Waals surface area contributed by atoms with Crippen LogP contribution in [0.5, 0.6) is 5.75 Å². The molecule has 4 nitrogen and oxygen atoms in total. The standard InChI is InChI=1S/C21H27ClN2O2/c1-16-9-4-7-12-20(16)26-14-8-13-21(25)23-15-19(24(2)3)17-10-5-6-11-18(17)22/h4-7,9-12,19H,8,13-15H2,1-3H3,(H,23,25). The van der Waals surface area contributed by atoms with Crippen LogP contribution in [0.4, 0.5) is 0 Å². The van der Waals surface area contributed by atoms with Crippen molar-refractivity contribution >= 4 is 17.5 Å². The molecule has 1 unspecified atom stereocenters. The molecule has 0 aliphatic carbocycles. The number of para-hydroxylation sites is 1. The second-order valence-corrected chi connectivity index (χ2v) is 6.93. The molecule has 0 saturated heterocycles. The minimum Gasteiger partial charge on any atom is -0.493 e. The molecule has 140 valence electrons. The number of rotatable bonds is 9. The monoisotopic (exact) mass is 374 g/mol. The highest BCUT2D eigenvalue weighted by atomic mass is 35.5. The van der Waals surface area contributed by atoms with Crippen LogP contribution in [0.2, 0.25) is 5.02 Å². The fourth-order valence-corrected chi connectivity index (χ4v) is 3.01. The van der Waals surface area contributed by atoms with Crippen molar-refractivity contribution in [3.8, 4) is 5.75 Å². The van der Waals surface area contributed by atoms with E-state index >= 15 is 0 Å². The number of hydrogen-bond donors (Lipinski definition) is 1. The van der Waals surface area contributed by atoms with Crippen molar-refractivity contribution in [2.75, 3.05) is 27.2 Å². The molecule has 1 N–H and O–H groups in total. The van der Waals surface area contributed by atoms with Crippen LogP contribution in [0.1, 0.15) is 30.0 Å². The van der Waals surface area contributed by atoms with Gasteiger partial charge in [-0.1, -0.05) is 48.0 Å². The zero-order valence-electron chi connectivity index (χ0n) is 15.7. The zero-order valence-corrected chi connectivity index (χ0v) is 16.4. The molecule has 0 heterocycles. The minimum absolute atomic E-state index is 0.0253. The van der Waals surface area contributed by atoms with E-state index in [4.69, 9.17) is 16.3 Å². The van der Waals surface area contributed by atoms with Crippen molar-refractivity contribution in [1.82, 2.24) is 10.2 Å². The Kier molecular flexibility index (Phi) is 7.95. The van der Waals surface area contributed by atoms with Gasteiger partial charge in [-0.05, 0) is 50.7 Å². The summed E-state index contributed by atoms with van der Waals surface area (Å²) in [4.78, 5) is 14.2. The Morgan fingerprint density at radius 3 is 2.54 bits per heavy atom. The van der Waals surface area contributed by atoms with Gasteiger partial charge in [0, 0.05) is 18.0 Å². The number of aryl methyl sites for hydroxylation is 1. The fourth-order valence-electron chi connectivity index (χ4n) is 2.75. The highest BCUT2D eigenvalue weighted by Gasteiger charge is 2.17. The molecule has 0 aliphatic rings. The van der Waals surface area contributed by atoms with E-state index < -0.39 is 0 Å². The lowest BCUT2D eigenvalue weighted by atomic mass is 10.1. The van der Waals surface area contributed by atoms with Crippen molar-refractivity contribution in [2.45, 2.75) is 25.8 Å². The number of nitrogens with one attached hydrogen (secondary N) is 1. The van der Waals surface area contributed by atoms with Gasteiger partial charge >= 0.3 is 0 Å². The van der Waals surface area contributed by atoms with Gasteiger partial charge in [0.1, 0.15) is 5.75 Å². The third-order valence-electron chi connectivity index (χ3n) is 4.28. The molecule has 2 rings (SSSR count). The third-order valence-corrected chi connectivity index (χ3v) is 4.62. The molecule has 0 aromatic heterocycles. The minimum atomic E-state index is 0.0253. The molecular weight excluding hydrogens is 348 g/mol. The lowest BCUT2D eigenvalue weighted by Gasteiger charge is -2.26. The van der Waals surface area contributed by atoms with Crippen LogP contribution in [0.3, 0.4) is 0 Å². The first-order valence-corrected chi connectivity index (χ1v) is 9.23. The smallest absolute Gasteiger partial charge is 0.220 e. The molecule has 1 amide bonds. The van der Waals surface area contributed by atoms with E-state index in [0.717, 1.165) is 16.9 Å². The van der Waals surface area contributed by atoms with Crippen LogP contribution in [0.15, 0.2) is 48.5 Å². The predicted molar refractivity (Wildman–Crippen MR) is 107 cm³/mol. The van der Waals surface area contributed by atoms with Crippen LogP contribution in [0.25, 0.3) is 0 Å². The quantitative estimate of drug-likeness (QED) is 0.668. The molecule has 2 aromatic carbocycles. The van der Waals surface area contributed by atoms with Gasteiger partial charge in [-0.15, -0.1) is 0 Å². The van der Waals surface area contributed by atoms with Crippen LogP contribution in [-0.4, -0.2) is 38.1 Å². The Morgan fingerprint density at radius 2 is 1.85 bits per heavy atom. The van der Waals surface area contributed by atoms with Gasteiger partial charge in [0.05, 0.1) is 12.6 Å². The number of ether oxygens (including phenoxy) is 1. The summed E-state index contributed by atoms with van der Waals surface area (Å²) in [7, 11) is 3.96. The summed E-state index contributed by atoms with van der Waals surface area (Å²) >= 11 is 6.30. The van der Waals surface area contributed by atoms with Gasteiger partial charge in [0.25, 0.3) is 0 Å². The summed E-state index contributed by atoms with van der Waals surface area (Å²) in [5.74, 6) is 0.900. The van der Waals surface area contributed by atoms with Gasteiger partial charge in [0.15, 0.2) is 0 Å². The van der Waals surface area contributed by atoms with E-state index in [-0.39, 0.29) is 11.9 Å². The Hall–Kier alpha value is -2.04. The van der Waals surface area contributed by atoms with E-state index in [1.807, 2.05) is 69.6 Å². The lowest BCUT2D eigenvalue weighted by molar-refractivity contribution is -0.121. The summed E-state index contributed by atoms with van der Waals surface area (Å²) < 4.78 is 5.73. The van der Waals surface area contributed by atoms with Crippen LogP contribution in [-0.2, 0) is 4.79 Å². The van der Waals surface area contributed by atoms with Gasteiger partial charge in [0.2, 0.25) is 5.91 Å². The average Bonchev–Trinajstić information content (AvgIpc) is 2.61. The number of halogens is 1. The number of hydrogen-bond acceptors (Lipinski definition) is 3. The van der Waals surface area contributed by atoms with E-state index in [1.165, 1.54) is 0 Å². The largest absolute Gasteiger partial charge is 0.493 e. The third kappa shape index (κ3) is 6.04. The highest BCUT2D eigenvalue weighted by Crippen LogP contribution is 2.25. The second-order valence-electron chi connectivity index (χ2n) is 6.52. The maximum absolute atomic E-state index is 12.1. The van der Waals surface area contributed by atoms with Crippen molar-refractivity contribution in [1.29, 1.82) is 0 Å². The highest BCUT2D eigenvalue weighted by molar-refractivity contribution is 6.31. The Balaban J connectivity index is 1.76. The van der Waals surface area contributed by atoms with E-state index in [1.54, 1.807) is 0 Å². The molecule has 0 saturated carbocycles. The summed E-state index contributed by atoms with van der Waals surface area (Å²) in [5.41, 5.74) is 2.12. The van der Waals surface area contributed by atoms with Crippen molar-refractivity contribution in [3.05, 3.63) is 64.7 Å². The zero-order chi connectivity index (χ0) is 18.9. The molecule has 0 aliphatic heterocycles. The second kappa shape index (κ2) is 10.2. The SMILES string of the molecule is Cc1ccccc1OCCCC(=O)NCC(c1ccccc1Cl)N(C)C. The Morgan fingerprint density at radius 1 is 1.15 bits per heavy atom. The van der Waals surface area contributed by atoms with E-state index in [2.05, 4.69) is 10.2 Å². The number of benzene rings is 2. The van der Waals surface area contributed by atoms with E-state index in [0.29, 0.717) is 31.0 Å². The average molecular weight is 375 g/mol. The molecule has 26 heavy (non-hydrogen) atoms. The summed E-state index contributed by atoms with van der Waals surface area (Å²) in [5, 5.41) is 3.72. The maximum Gasteiger partial charge on any atom is 0.220 e. The first-order valence-electron chi connectivity index (χ1n) is 8.85. The van der Waals surface area contributed by atoms with Crippen molar-refractivity contribution < 1.29 is 9.53 Å². The van der Waals surface area contributed by atoms with Crippen LogP contribution < -0.4 is 10.1 Å². The topological polar surface area (TPSA) is 41.6 Å². The van der Waals surface area contributed by atoms with Crippen LogP contribution >= 0.6 is 11.6 Å². The maximum atomic E-state index is 12.1. The number of likely N-dealkylation sites (N-methyl/N-ethyl adjacent to an activating group) is 1. The first kappa shape index (κ1) is 20.3. The molecule has 5 heteroatoms. The summed E-state index contributed by atoms with van der Waals surface area (Å²) in [6.07, 6.45) is 1.12. The number of carbonyl (C=O) groups is 1. The molecular formula is C21H27ClN2O2. The van der Waals surface area contributed by atoms with E-state index in [9.17, 15) is 4.79 Å². The van der Waals surface area contributed by atoms with Crippen molar-refractivity contribution in [3.63, 3.8) is 0 Å². The Bertz CT molecular complexity index is 719. The van der Waals surface area contributed by atoms with Crippen molar-refractivity contribution in [2.24, 2.45) is 0 Å². The molecule has 1 atom stereocenters. The van der Waals surface area contributed by atoms with Crippen LogP contribution in [0, 0.1) is 6.92 Å². The van der Waals surface area contributed by atoms with Gasteiger partial charge in [-0.2, -0.15) is 0 Å². The number of carbonyl (C=O) groups excluding carboxylic acids is 1. The molecule has 0 spiro atoms. The lowest BCUT2D eigenvalue weighted by Crippen LogP contribution is -2.34. The first-order chi connectivity index (χ1) is 12.5. The summed E-state index contributed by atoms with van der Waals surface area (Å²) in [6, 6.07) is 15.7. The summed E-state index contributed by atoms with van der Waals surface area (Å²) in [6.45, 7) is 3.06. The van der Waals surface area contributed by atoms with Gasteiger partial charge < -0.3 is 15.0 Å².